The molecule has 3 rings (SSSR count). The predicted molar refractivity (Wildman–Crippen MR) is 92.2 cm³/mol. The van der Waals surface area contributed by atoms with Crippen molar-refractivity contribution in [2.75, 3.05) is 23.8 Å². The Hall–Kier alpha value is -2.95. The zero-order chi connectivity index (χ0) is 17.1. The standard InChI is InChI=1S/C19H16F2N2O/c1-23(15-10-9-13-5-2-3-6-14(13)11-15)12-18(24)22-19-16(20)7-4-8-17(19)21/h2-11H,12H2,1H3,(H,22,24). The molecule has 0 atom stereocenters. The Labute approximate surface area is 138 Å². The highest BCUT2D eigenvalue weighted by Gasteiger charge is 2.13. The molecule has 24 heavy (non-hydrogen) atoms. The molecule has 3 nitrogen and oxygen atoms in total. The van der Waals surface area contributed by atoms with Crippen molar-refractivity contribution < 1.29 is 13.6 Å². The third kappa shape index (κ3) is 3.35. The first-order valence-electron chi connectivity index (χ1n) is 7.48. The molecular formula is C19H16F2N2O. The number of likely N-dealkylation sites (N-methyl/N-ethyl adjacent to an activating group) is 1. The van der Waals surface area contributed by atoms with Crippen molar-refractivity contribution in [1.29, 1.82) is 0 Å². The number of carbonyl (C=O) groups is 1. The molecule has 122 valence electrons. The average molecular weight is 326 g/mol. The Morgan fingerprint density at radius 3 is 2.33 bits per heavy atom. The van der Waals surface area contributed by atoms with Crippen molar-refractivity contribution in [3.05, 3.63) is 72.3 Å². The SMILES string of the molecule is CN(CC(=O)Nc1c(F)cccc1F)c1ccc2ccccc2c1. The molecule has 0 spiro atoms. The number of hydrogen-bond donors (Lipinski definition) is 1. The van der Waals surface area contributed by atoms with Crippen molar-refractivity contribution in [1.82, 2.24) is 0 Å². The summed E-state index contributed by atoms with van der Waals surface area (Å²) < 4.78 is 27.2. The van der Waals surface area contributed by atoms with Crippen LogP contribution in [0.3, 0.4) is 0 Å². The normalized spacial score (nSPS) is 10.6. The predicted octanol–water partition coefficient (Wildman–Crippen LogP) is 4.19. The molecular weight excluding hydrogens is 310 g/mol. The van der Waals surface area contributed by atoms with E-state index in [2.05, 4.69) is 5.32 Å². The molecule has 0 fully saturated rings. The zero-order valence-electron chi connectivity index (χ0n) is 13.1. The average Bonchev–Trinajstić information content (AvgIpc) is 2.58. The van der Waals surface area contributed by atoms with Gasteiger partial charge in [-0.3, -0.25) is 4.79 Å². The minimum absolute atomic E-state index is 0.0217. The Morgan fingerprint density at radius 2 is 1.62 bits per heavy atom. The van der Waals surface area contributed by atoms with Crippen LogP contribution < -0.4 is 10.2 Å². The second-order valence-corrected chi connectivity index (χ2v) is 5.53. The van der Waals surface area contributed by atoms with E-state index in [1.165, 1.54) is 6.07 Å². The van der Waals surface area contributed by atoms with Gasteiger partial charge in [-0.05, 0) is 35.0 Å². The molecule has 0 aromatic heterocycles. The second kappa shape index (κ2) is 6.66. The number of nitrogens with zero attached hydrogens (tertiary/aromatic N) is 1. The van der Waals surface area contributed by atoms with Crippen LogP contribution in [0.5, 0.6) is 0 Å². The fourth-order valence-corrected chi connectivity index (χ4v) is 2.52. The first-order valence-corrected chi connectivity index (χ1v) is 7.48. The van der Waals surface area contributed by atoms with E-state index in [1.807, 2.05) is 42.5 Å². The fraction of sp³-hybridized carbons (Fsp3) is 0.105. The number of para-hydroxylation sites is 1. The van der Waals surface area contributed by atoms with Gasteiger partial charge in [0, 0.05) is 12.7 Å². The molecule has 0 bridgehead atoms. The van der Waals surface area contributed by atoms with Gasteiger partial charge in [0.1, 0.15) is 17.3 Å². The van der Waals surface area contributed by atoms with Crippen LogP contribution in [0.4, 0.5) is 20.2 Å². The minimum atomic E-state index is -0.795. The number of carbonyl (C=O) groups excluding carboxylic acids is 1. The van der Waals surface area contributed by atoms with Crippen molar-refractivity contribution in [2.45, 2.75) is 0 Å². The molecule has 3 aromatic carbocycles. The van der Waals surface area contributed by atoms with Crippen molar-refractivity contribution in [2.24, 2.45) is 0 Å². The number of anilines is 2. The quantitative estimate of drug-likeness (QED) is 0.779. The molecule has 0 aliphatic carbocycles. The number of hydrogen-bond acceptors (Lipinski definition) is 2. The number of nitrogens with one attached hydrogen (secondary N) is 1. The molecule has 0 radical (unpaired) electrons. The number of benzene rings is 3. The van der Waals surface area contributed by atoms with E-state index in [4.69, 9.17) is 0 Å². The van der Waals surface area contributed by atoms with E-state index in [-0.39, 0.29) is 6.54 Å². The van der Waals surface area contributed by atoms with Gasteiger partial charge in [-0.1, -0.05) is 36.4 Å². The van der Waals surface area contributed by atoms with Crippen LogP contribution in [0.1, 0.15) is 0 Å². The molecule has 0 saturated heterocycles. The lowest BCUT2D eigenvalue weighted by Gasteiger charge is -2.19. The van der Waals surface area contributed by atoms with E-state index in [9.17, 15) is 13.6 Å². The Bertz CT molecular complexity index is 875. The summed E-state index contributed by atoms with van der Waals surface area (Å²) in [6.07, 6.45) is 0. The summed E-state index contributed by atoms with van der Waals surface area (Å²) in [7, 11) is 1.75. The van der Waals surface area contributed by atoms with E-state index in [1.54, 1.807) is 11.9 Å². The number of fused-ring (bicyclic) bond motifs is 1. The molecule has 5 heteroatoms. The first kappa shape index (κ1) is 15.9. The van der Waals surface area contributed by atoms with Crippen LogP contribution in [0.25, 0.3) is 10.8 Å². The van der Waals surface area contributed by atoms with Gasteiger partial charge in [-0.15, -0.1) is 0 Å². The van der Waals surface area contributed by atoms with Gasteiger partial charge in [-0.25, -0.2) is 8.78 Å². The van der Waals surface area contributed by atoms with Crippen LogP contribution in [0, 0.1) is 11.6 Å². The van der Waals surface area contributed by atoms with E-state index in [0.717, 1.165) is 28.6 Å². The summed E-state index contributed by atoms with van der Waals surface area (Å²) in [5.74, 6) is -2.08. The highest BCUT2D eigenvalue weighted by Crippen LogP contribution is 2.22. The van der Waals surface area contributed by atoms with Crippen molar-refractivity contribution >= 4 is 28.1 Å². The Kier molecular flexibility index (Phi) is 4.42. The van der Waals surface area contributed by atoms with Gasteiger partial charge >= 0.3 is 0 Å². The lowest BCUT2D eigenvalue weighted by atomic mass is 10.1. The van der Waals surface area contributed by atoms with Crippen LogP contribution in [0.2, 0.25) is 0 Å². The highest BCUT2D eigenvalue weighted by molar-refractivity contribution is 5.95. The lowest BCUT2D eigenvalue weighted by molar-refractivity contribution is -0.115. The molecule has 0 saturated carbocycles. The zero-order valence-corrected chi connectivity index (χ0v) is 13.1. The van der Waals surface area contributed by atoms with Crippen molar-refractivity contribution in [3.8, 4) is 0 Å². The molecule has 0 aliphatic rings. The molecule has 0 unspecified atom stereocenters. The maximum absolute atomic E-state index is 13.6. The first-order chi connectivity index (χ1) is 11.5. The topological polar surface area (TPSA) is 32.3 Å². The van der Waals surface area contributed by atoms with Crippen LogP contribution in [0.15, 0.2) is 60.7 Å². The third-order valence-corrected chi connectivity index (χ3v) is 3.78. The summed E-state index contributed by atoms with van der Waals surface area (Å²) in [5, 5.41) is 4.45. The maximum Gasteiger partial charge on any atom is 0.244 e. The lowest BCUT2D eigenvalue weighted by Crippen LogP contribution is -2.30. The number of halogens is 2. The summed E-state index contributed by atoms with van der Waals surface area (Å²) in [6.45, 7) is -0.0217. The van der Waals surface area contributed by atoms with Crippen LogP contribution in [-0.2, 0) is 4.79 Å². The largest absolute Gasteiger partial charge is 0.365 e. The molecule has 0 aliphatic heterocycles. The monoisotopic (exact) mass is 326 g/mol. The van der Waals surface area contributed by atoms with Crippen LogP contribution in [-0.4, -0.2) is 19.5 Å². The summed E-state index contributed by atoms with van der Waals surface area (Å²) in [6, 6.07) is 17.2. The van der Waals surface area contributed by atoms with Gasteiger partial charge in [-0.2, -0.15) is 0 Å². The fourth-order valence-electron chi connectivity index (χ4n) is 2.52. The third-order valence-electron chi connectivity index (χ3n) is 3.78. The van der Waals surface area contributed by atoms with Gasteiger partial charge in [0.2, 0.25) is 5.91 Å². The van der Waals surface area contributed by atoms with Gasteiger partial charge in [0.25, 0.3) is 0 Å². The van der Waals surface area contributed by atoms with E-state index in [0.29, 0.717) is 0 Å². The number of rotatable bonds is 4. The smallest absolute Gasteiger partial charge is 0.244 e. The second-order valence-electron chi connectivity index (χ2n) is 5.53. The molecule has 3 aromatic rings. The number of amides is 1. The molecule has 0 heterocycles. The van der Waals surface area contributed by atoms with E-state index < -0.39 is 23.2 Å². The Morgan fingerprint density at radius 1 is 0.958 bits per heavy atom. The van der Waals surface area contributed by atoms with Crippen molar-refractivity contribution in [3.63, 3.8) is 0 Å². The minimum Gasteiger partial charge on any atom is -0.365 e. The van der Waals surface area contributed by atoms with Gasteiger partial charge in [0.05, 0.1) is 6.54 Å². The highest BCUT2D eigenvalue weighted by atomic mass is 19.1. The summed E-state index contributed by atoms with van der Waals surface area (Å²) >= 11 is 0. The Balaban J connectivity index is 1.73. The summed E-state index contributed by atoms with van der Waals surface area (Å²) in [4.78, 5) is 13.8. The molecule has 1 N–H and O–H groups in total. The van der Waals surface area contributed by atoms with Crippen LogP contribution >= 0.6 is 0 Å². The molecule has 1 amide bonds. The summed E-state index contributed by atoms with van der Waals surface area (Å²) in [5.41, 5.74) is 0.423. The van der Waals surface area contributed by atoms with E-state index >= 15 is 0 Å². The van der Waals surface area contributed by atoms with Gasteiger partial charge < -0.3 is 10.2 Å². The maximum atomic E-state index is 13.6. The van der Waals surface area contributed by atoms with Gasteiger partial charge in [0.15, 0.2) is 0 Å².